The number of hydrogen-bond acceptors (Lipinski definition) is 5. The van der Waals surface area contributed by atoms with Crippen LogP contribution in [0.4, 0.5) is 4.79 Å². The molecular formula is C9H11N3O4. The van der Waals surface area contributed by atoms with Gasteiger partial charge >= 0.3 is 6.09 Å². The maximum absolute atomic E-state index is 10.3. The maximum Gasteiger partial charge on any atom is 0.410 e. The quantitative estimate of drug-likeness (QED) is 0.426. The fraction of sp³-hybridized carbons (Fsp3) is 0.222. The van der Waals surface area contributed by atoms with Crippen molar-refractivity contribution >= 4 is 11.9 Å². The first-order valence-corrected chi connectivity index (χ1v) is 4.42. The molecule has 16 heavy (non-hydrogen) atoms. The van der Waals surface area contributed by atoms with Crippen molar-refractivity contribution in [1.82, 2.24) is 10.3 Å². The molecule has 0 aromatic carbocycles. The number of carboxylic acid groups (broad SMARTS) is 1. The summed E-state index contributed by atoms with van der Waals surface area (Å²) in [6.45, 7) is 0.00558. The molecule has 0 saturated carbocycles. The topological polar surface area (TPSA) is 116 Å². The predicted molar refractivity (Wildman–Crippen MR) is 54.8 cm³/mol. The van der Waals surface area contributed by atoms with E-state index in [9.17, 15) is 4.79 Å². The molecule has 0 unspecified atom stereocenters. The van der Waals surface area contributed by atoms with Gasteiger partial charge in [-0.05, 0) is 6.07 Å². The highest BCUT2D eigenvalue weighted by Crippen LogP contribution is 2.10. The number of aliphatic hydroxyl groups excluding tert-OH is 1. The van der Waals surface area contributed by atoms with E-state index in [4.69, 9.17) is 20.4 Å². The van der Waals surface area contributed by atoms with E-state index in [2.05, 4.69) is 4.98 Å². The molecule has 1 aromatic rings. The van der Waals surface area contributed by atoms with Gasteiger partial charge in [-0.15, -0.1) is 0 Å². The number of carbonyl (C=O) groups is 1. The molecule has 0 bridgehead atoms. The predicted octanol–water partition coefficient (Wildman–Crippen LogP) is 0.0457. The van der Waals surface area contributed by atoms with Crippen molar-refractivity contribution in [2.24, 2.45) is 0 Å². The molecular weight excluding hydrogens is 214 g/mol. The number of aromatic nitrogens is 1. The molecule has 7 heteroatoms. The van der Waals surface area contributed by atoms with E-state index in [1.807, 2.05) is 5.32 Å². The lowest BCUT2D eigenvalue weighted by molar-refractivity contribution is 0.200. The van der Waals surface area contributed by atoms with Crippen LogP contribution in [0.25, 0.3) is 0 Å². The van der Waals surface area contributed by atoms with Gasteiger partial charge in [-0.25, -0.2) is 4.79 Å². The average molecular weight is 225 g/mol. The minimum atomic E-state index is -1.33. The van der Waals surface area contributed by atoms with Crippen LogP contribution in [-0.4, -0.2) is 40.3 Å². The second-order valence-electron chi connectivity index (χ2n) is 2.75. The number of ether oxygens (including phenoxy) is 1. The fourth-order valence-corrected chi connectivity index (χ4v) is 0.972. The normalized spacial score (nSPS) is 9.56. The molecule has 0 aliphatic heterocycles. The van der Waals surface area contributed by atoms with Gasteiger partial charge in [0.2, 0.25) is 0 Å². The summed E-state index contributed by atoms with van der Waals surface area (Å²) in [5.74, 6) is 0.0814. The molecule has 0 atom stereocenters. The molecule has 0 aliphatic carbocycles. The van der Waals surface area contributed by atoms with Crippen LogP contribution in [0.15, 0.2) is 18.3 Å². The highest BCUT2D eigenvalue weighted by atomic mass is 16.5. The molecule has 0 radical (unpaired) electrons. The van der Waals surface area contributed by atoms with Crippen LogP contribution < -0.4 is 10.1 Å². The van der Waals surface area contributed by atoms with E-state index in [1.165, 1.54) is 12.3 Å². The minimum absolute atomic E-state index is 0.123. The smallest absolute Gasteiger partial charge is 0.410 e. The lowest BCUT2D eigenvalue weighted by Gasteiger charge is -2.06. The third kappa shape index (κ3) is 3.54. The largest absolute Gasteiger partial charge is 0.491 e. The van der Waals surface area contributed by atoms with Crippen molar-refractivity contribution in [3.05, 3.63) is 24.0 Å². The van der Waals surface area contributed by atoms with Crippen LogP contribution in [0.5, 0.6) is 5.75 Å². The van der Waals surface area contributed by atoms with Crippen molar-refractivity contribution in [3.63, 3.8) is 0 Å². The van der Waals surface area contributed by atoms with E-state index in [0.717, 1.165) is 0 Å². The Morgan fingerprint density at radius 2 is 2.38 bits per heavy atom. The number of hydrogen-bond donors (Lipinski definition) is 4. The molecule has 0 fully saturated rings. The maximum atomic E-state index is 10.3. The molecule has 7 nitrogen and oxygen atoms in total. The van der Waals surface area contributed by atoms with E-state index in [1.54, 1.807) is 6.07 Å². The average Bonchev–Trinajstić information content (AvgIpc) is 2.26. The van der Waals surface area contributed by atoms with Crippen molar-refractivity contribution < 1.29 is 19.7 Å². The summed E-state index contributed by atoms with van der Waals surface area (Å²) in [6.07, 6.45) is 0.0635. The highest BCUT2D eigenvalue weighted by molar-refractivity contribution is 6.02. The van der Waals surface area contributed by atoms with Crippen molar-refractivity contribution in [2.75, 3.05) is 13.2 Å². The number of amidine groups is 1. The Labute approximate surface area is 91.2 Å². The Morgan fingerprint density at radius 3 is 3.00 bits per heavy atom. The molecule has 0 aliphatic rings. The lowest BCUT2D eigenvalue weighted by atomic mass is 10.3. The van der Waals surface area contributed by atoms with Gasteiger partial charge in [0.1, 0.15) is 18.1 Å². The van der Waals surface area contributed by atoms with Gasteiger partial charge in [-0.3, -0.25) is 15.7 Å². The van der Waals surface area contributed by atoms with E-state index in [0.29, 0.717) is 5.75 Å². The van der Waals surface area contributed by atoms with Crippen LogP contribution in [0, 0.1) is 5.41 Å². The zero-order valence-corrected chi connectivity index (χ0v) is 8.30. The van der Waals surface area contributed by atoms with E-state index in [-0.39, 0.29) is 24.7 Å². The zero-order chi connectivity index (χ0) is 12.0. The van der Waals surface area contributed by atoms with Crippen molar-refractivity contribution in [2.45, 2.75) is 0 Å². The Kier molecular flexibility index (Phi) is 4.22. The zero-order valence-electron chi connectivity index (χ0n) is 8.30. The SMILES string of the molecule is N=C(NC(=O)O)c1cc(OCCO)ccn1. The summed E-state index contributed by atoms with van der Waals surface area (Å²) in [5, 5.41) is 26.2. The lowest BCUT2D eigenvalue weighted by Crippen LogP contribution is -2.29. The van der Waals surface area contributed by atoms with Gasteiger partial charge in [0, 0.05) is 12.3 Å². The van der Waals surface area contributed by atoms with Gasteiger partial charge in [0.15, 0.2) is 5.84 Å². The van der Waals surface area contributed by atoms with Crippen LogP contribution in [0.3, 0.4) is 0 Å². The third-order valence-electron chi connectivity index (χ3n) is 1.58. The van der Waals surface area contributed by atoms with Crippen LogP contribution in [-0.2, 0) is 0 Å². The molecule has 0 saturated heterocycles. The Hall–Kier alpha value is -2.15. The molecule has 86 valence electrons. The first-order chi connectivity index (χ1) is 7.63. The van der Waals surface area contributed by atoms with E-state index < -0.39 is 6.09 Å². The summed E-state index contributed by atoms with van der Waals surface area (Å²) < 4.78 is 5.09. The van der Waals surface area contributed by atoms with Gasteiger partial charge in [0.05, 0.1) is 6.61 Å². The number of pyridine rings is 1. The van der Waals surface area contributed by atoms with Crippen molar-refractivity contribution in [3.8, 4) is 5.75 Å². The highest BCUT2D eigenvalue weighted by Gasteiger charge is 2.07. The Balaban J connectivity index is 2.73. The Morgan fingerprint density at radius 1 is 1.62 bits per heavy atom. The summed E-state index contributed by atoms with van der Waals surface area (Å²) in [4.78, 5) is 14.1. The molecule has 1 aromatic heterocycles. The van der Waals surface area contributed by atoms with Crippen LogP contribution in [0.1, 0.15) is 5.69 Å². The van der Waals surface area contributed by atoms with Gasteiger partial charge in [-0.1, -0.05) is 0 Å². The number of nitrogens with zero attached hydrogens (tertiary/aromatic N) is 1. The summed E-state index contributed by atoms with van der Waals surface area (Å²) in [7, 11) is 0. The second kappa shape index (κ2) is 5.66. The van der Waals surface area contributed by atoms with Crippen LogP contribution in [0.2, 0.25) is 0 Å². The second-order valence-corrected chi connectivity index (χ2v) is 2.75. The molecule has 0 spiro atoms. The van der Waals surface area contributed by atoms with Crippen LogP contribution >= 0.6 is 0 Å². The van der Waals surface area contributed by atoms with E-state index >= 15 is 0 Å². The monoisotopic (exact) mass is 225 g/mol. The van der Waals surface area contributed by atoms with Gasteiger partial charge in [-0.2, -0.15) is 0 Å². The first kappa shape index (κ1) is 11.9. The number of rotatable bonds is 4. The molecule has 1 amide bonds. The fourth-order valence-electron chi connectivity index (χ4n) is 0.972. The number of aliphatic hydroxyl groups is 1. The summed E-state index contributed by atoms with van der Waals surface area (Å²) >= 11 is 0. The summed E-state index contributed by atoms with van der Waals surface area (Å²) in [5.41, 5.74) is 0.151. The number of amides is 1. The Bertz CT molecular complexity index is 394. The summed E-state index contributed by atoms with van der Waals surface area (Å²) in [6, 6.07) is 2.96. The number of nitrogens with one attached hydrogen (secondary N) is 2. The van der Waals surface area contributed by atoms with Gasteiger partial charge < -0.3 is 14.9 Å². The molecule has 1 heterocycles. The molecule has 4 N–H and O–H groups in total. The van der Waals surface area contributed by atoms with Gasteiger partial charge in [0.25, 0.3) is 0 Å². The molecule has 1 rings (SSSR count). The first-order valence-electron chi connectivity index (χ1n) is 4.42. The standard InChI is InChI=1S/C9H11N3O4/c10-8(12-9(14)15)7-5-6(1-2-11-7)16-4-3-13/h1-2,5,13H,3-4H2,(H2,10,12)(H,14,15). The third-order valence-corrected chi connectivity index (χ3v) is 1.58. The minimum Gasteiger partial charge on any atom is -0.491 e. The van der Waals surface area contributed by atoms with Crippen molar-refractivity contribution in [1.29, 1.82) is 5.41 Å².